The largest absolute Gasteiger partial charge is 1.00 e. The molecule has 3 nitrogen and oxygen atoms in total. The van der Waals surface area contributed by atoms with E-state index in [4.69, 9.17) is 0 Å². The Kier molecular flexibility index (Phi) is 22.6. The van der Waals surface area contributed by atoms with Crippen LogP contribution >= 0.6 is 0 Å². The Morgan fingerprint density at radius 2 is 0.927 bits per heavy atom. The van der Waals surface area contributed by atoms with Gasteiger partial charge in [-0.05, 0) is 59.7 Å². The van der Waals surface area contributed by atoms with Crippen LogP contribution in [-0.2, 0) is 23.0 Å². The molecule has 2 aromatic rings. The molecular formula is C36H59NaO3S. The van der Waals surface area contributed by atoms with Crippen LogP contribution in [0.2, 0.25) is 0 Å². The number of benzene rings is 2. The second-order valence-corrected chi connectivity index (χ2v) is 13.5. The van der Waals surface area contributed by atoms with Crippen molar-refractivity contribution in [1.82, 2.24) is 0 Å². The second kappa shape index (κ2) is 24.0. The Labute approximate surface area is 276 Å². The number of hydrogen-bond donors (Lipinski definition) is 0. The standard InChI is InChI=1S/C36H60O3S.Na/c1-3-5-7-9-11-13-15-17-19-21-23-26-32-28-25-29-33-31-36(40(37,38)39)34(30-35(32)33)27-24-22-20-18-16-14-12-10-8-6-4-2;/h25,28-31H,3-24,26-27H2,1-2H3,(H,37,38,39);/q;+1/p-1. The maximum absolute atomic E-state index is 12.1. The van der Waals surface area contributed by atoms with Crippen LogP contribution in [-0.4, -0.2) is 13.0 Å². The molecule has 0 fully saturated rings. The average Bonchev–Trinajstić information content (AvgIpc) is 2.93. The van der Waals surface area contributed by atoms with E-state index in [2.05, 4.69) is 19.9 Å². The average molecular weight is 595 g/mol. The molecule has 0 saturated heterocycles. The van der Waals surface area contributed by atoms with E-state index in [-0.39, 0.29) is 34.5 Å². The Balaban J connectivity index is 0.00000840. The van der Waals surface area contributed by atoms with Gasteiger partial charge in [-0.1, -0.05) is 160 Å². The smallest absolute Gasteiger partial charge is 0.744 e. The maximum Gasteiger partial charge on any atom is 1.00 e. The van der Waals surface area contributed by atoms with E-state index >= 15 is 0 Å². The number of unbranched alkanes of at least 4 members (excludes halogenated alkanes) is 20. The van der Waals surface area contributed by atoms with Gasteiger partial charge in [-0.2, -0.15) is 0 Å². The summed E-state index contributed by atoms with van der Waals surface area (Å²) in [6, 6.07) is 9.77. The van der Waals surface area contributed by atoms with Crippen LogP contribution in [0.3, 0.4) is 0 Å². The molecular weight excluding hydrogens is 535 g/mol. The van der Waals surface area contributed by atoms with E-state index in [1.54, 1.807) is 6.07 Å². The third-order valence-corrected chi connectivity index (χ3v) is 9.44. The van der Waals surface area contributed by atoms with Crippen LogP contribution in [0.1, 0.15) is 166 Å². The minimum atomic E-state index is -4.49. The molecule has 0 aliphatic carbocycles. The van der Waals surface area contributed by atoms with Crippen molar-refractivity contribution in [3.63, 3.8) is 0 Å². The monoisotopic (exact) mass is 594 g/mol. The summed E-state index contributed by atoms with van der Waals surface area (Å²) < 4.78 is 36.3. The maximum atomic E-state index is 12.1. The number of rotatable bonds is 25. The Morgan fingerprint density at radius 1 is 0.537 bits per heavy atom. The van der Waals surface area contributed by atoms with Gasteiger partial charge in [-0.3, -0.25) is 0 Å². The van der Waals surface area contributed by atoms with E-state index in [1.165, 1.54) is 128 Å². The van der Waals surface area contributed by atoms with Crippen molar-refractivity contribution in [3.05, 3.63) is 41.5 Å². The van der Waals surface area contributed by atoms with Crippen LogP contribution < -0.4 is 29.6 Å². The number of aryl methyl sites for hydroxylation is 2. The van der Waals surface area contributed by atoms with E-state index in [1.807, 2.05) is 18.2 Å². The number of fused-ring (bicyclic) bond motifs is 1. The molecule has 0 bridgehead atoms. The minimum Gasteiger partial charge on any atom is -0.744 e. The van der Waals surface area contributed by atoms with Gasteiger partial charge >= 0.3 is 29.6 Å². The van der Waals surface area contributed by atoms with Crippen LogP contribution in [0.15, 0.2) is 35.2 Å². The molecule has 2 rings (SSSR count). The van der Waals surface area contributed by atoms with Gasteiger partial charge in [0.2, 0.25) is 0 Å². The van der Waals surface area contributed by atoms with Gasteiger partial charge in [-0.15, -0.1) is 0 Å². The number of hydrogen-bond acceptors (Lipinski definition) is 3. The third kappa shape index (κ3) is 16.9. The first kappa shape index (κ1) is 38.6. The summed E-state index contributed by atoms with van der Waals surface area (Å²) in [7, 11) is -4.49. The van der Waals surface area contributed by atoms with E-state index in [0.717, 1.165) is 36.5 Å². The molecule has 0 heterocycles. The van der Waals surface area contributed by atoms with Crippen LogP contribution in [0, 0.1) is 0 Å². The van der Waals surface area contributed by atoms with Gasteiger partial charge in [0, 0.05) is 0 Å². The molecule has 2 aromatic carbocycles. The second-order valence-electron chi connectivity index (χ2n) is 12.1. The summed E-state index contributed by atoms with van der Waals surface area (Å²) in [6.07, 6.45) is 30.1. The van der Waals surface area contributed by atoms with Crippen molar-refractivity contribution < 1.29 is 42.5 Å². The molecule has 0 spiro atoms. The molecule has 0 radical (unpaired) electrons. The molecule has 0 aliphatic rings. The summed E-state index contributed by atoms with van der Waals surface area (Å²) in [5, 5.41) is 2.00. The molecule has 0 saturated carbocycles. The van der Waals surface area contributed by atoms with Crippen LogP contribution in [0.5, 0.6) is 0 Å². The topological polar surface area (TPSA) is 57.2 Å². The van der Waals surface area contributed by atoms with Crippen molar-refractivity contribution >= 4 is 20.9 Å². The third-order valence-electron chi connectivity index (χ3n) is 8.52. The molecule has 0 atom stereocenters. The van der Waals surface area contributed by atoms with E-state index in [9.17, 15) is 13.0 Å². The van der Waals surface area contributed by atoms with E-state index in [0.29, 0.717) is 12.0 Å². The van der Waals surface area contributed by atoms with Gasteiger partial charge in [0.25, 0.3) is 0 Å². The predicted molar refractivity (Wildman–Crippen MR) is 172 cm³/mol. The zero-order valence-electron chi connectivity index (χ0n) is 27.0. The van der Waals surface area contributed by atoms with Gasteiger partial charge < -0.3 is 4.55 Å². The van der Waals surface area contributed by atoms with E-state index < -0.39 is 10.1 Å². The van der Waals surface area contributed by atoms with Crippen molar-refractivity contribution in [3.8, 4) is 0 Å². The molecule has 0 N–H and O–H groups in total. The van der Waals surface area contributed by atoms with Crippen molar-refractivity contribution in [2.24, 2.45) is 0 Å². The zero-order valence-corrected chi connectivity index (χ0v) is 29.8. The first-order valence-electron chi connectivity index (χ1n) is 17.0. The Hall–Kier alpha value is -0.390. The quantitative estimate of drug-likeness (QED) is 0.0658. The fourth-order valence-corrected chi connectivity index (χ4v) is 6.77. The van der Waals surface area contributed by atoms with Gasteiger partial charge in [0.15, 0.2) is 0 Å². The van der Waals surface area contributed by atoms with Gasteiger partial charge in [-0.25, -0.2) is 8.42 Å². The molecule has 0 unspecified atom stereocenters. The fraction of sp³-hybridized carbons (Fsp3) is 0.722. The first-order chi connectivity index (χ1) is 19.5. The van der Waals surface area contributed by atoms with Gasteiger partial charge in [0.1, 0.15) is 10.1 Å². The van der Waals surface area contributed by atoms with Crippen molar-refractivity contribution in [1.29, 1.82) is 0 Å². The summed E-state index contributed by atoms with van der Waals surface area (Å²) >= 11 is 0. The Bertz CT molecular complexity index is 1030. The molecule has 0 aromatic heterocycles. The summed E-state index contributed by atoms with van der Waals surface area (Å²) in [6.45, 7) is 4.53. The van der Waals surface area contributed by atoms with Crippen molar-refractivity contribution in [2.45, 2.75) is 173 Å². The molecule has 0 amide bonds. The SMILES string of the molecule is CCCCCCCCCCCCCc1cc2c(CCCCCCCCCCCCC)cccc2cc1S(=O)(=O)[O-].[Na+]. The Morgan fingerprint density at radius 3 is 1.34 bits per heavy atom. The zero-order chi connectivity index (χ0) is 28.9. The summed E-state index contributed by atoms with van der Waals surface area (Å²) in [5.74, 6) is 0. The van der Waals surface area contributed by atoms with Crippen molar-refractivity contribution in [2.75, 3.05) is 0 Å². The summed E-state index contributed by atoms with van der Waals surface area (Å²) in [5.41, 5.74) is 1.99. The predicted octanol–water partition coefficient (Wildman–Crippen LogP) is 8.45. The molecule has 0 aliphatic heterocycles. The van der Waals surface area contributed by atoms with Crippen LogP contribution in [0.25, 0.3) is 10.8 Å². The van der Waals surface area contributed by atoms with Crippen LogP contribution in [0.4, 0.5) is 0 Å². The molecule has 5 heteroatoms. The first-order valence-corrected chi connectivity index (χ1v) is 18.4. The fourth-order valence-electron chi connectivity index (χ4n) is 6.02. The summed E-state index contributed by atoms with van der Waals surface area (Å²) in [4.78, 5) is -0.0149. The van der Waals surface area contributed by atoms with Gasteiger partial charge in [0.05, 0.1) is 4.90 Å². The minimum absolute atomic E-state index is 0. The molecule has 228 valence electrons. The normalized spacial score (nSPS) is 11.7. The molecule has 41 heavy (non-hydrogen) atoms.